The van der Waals surface area contributed by atoms with E-state index in [4.69, 9.17) is 0 Å². The molecule has 16 heavy (non-hydrogen) atoms. The summed E-state index contributed by atoms with van der Waals surface area (Å²) in [6, 6.07) is 0. The van der Waals surface area contributed by atoms with Crippen LogP contribution in [0.3, 0.4) is 0 Å². The Hall–Kier alpha value is 0.170. The zero-order valence-corrected chi connectivity index (χ0v) is 11.6. The van der Waals surface area contributed by atoms with E-state index in [1.165, 1.54) is 79.0 Å². The van der Waals surface area contributed by atoms with Crippen LogP contribution < -0.4 is 0 Å². The van der Waals surface area contributed by atoms with Crippen molar-refractivity contribution in [2.24, 2.45) is 5.92 Å². The SMILES string of the molecule is C(=CC1CCCCC1)CPC1CCCCC1. The van der Waals surface area contributed by atoms with Crippen LogP contribution in [-0.2, 0) is 0 Å². The molecule has 0 bridgehead atoms. The fourth-order valence-corrected chi connectivity index (χ4v) is 4.55. The van der Waals surface area contributed by atoms with E-state index in [1.807, 2.05) is 0 Å². The highest BCUT2D eigenvalue weighted by molar-refractivity contribution is 7.39. The van der Waals surface area contributed by atoms with Crippen molar-refractivity contribution in [3.63, 3.8) is 0 Å². The van der Waals surface area contributed by atoms with Crippen LogP contribution in [0.15, 0.2) is 12.2 Å². The third kappa shape index (κ3) is 4.58. The fraction of sp³-hybridized carbons (Fsp3) is 0.867. The molecule has 0 aliphatic heterocycles. The standard InChI is InChI=1S/C15H27P/c1-3-8-14(9-4-1)10-7-13-16-15-11-5-2-6-12-15/h7,10,14-16H,1-6,8-9,11-13H2. The van der Waals surface area contributed by atoms with Gasteiger partial charge in [-0.05, 0) is 43.4 Å². The molecule has 0 nitrogen and oxygen atoms in total. The largest absolute Gasteiger partial charge is 0.115 e. The second-order valence-corrected chi connectivity index (χ2v) is 7.20. The molecule has 2 saturated carbocycles. The molecule has 1 unspecified atom stereocenters. The minimum Gasteiger partial charge on any atom is -0.115 e. The Bertz CT molecular complexity index is 197. The molecule has 2 rings (SSSR count). The Morgan fingerprint density at radius 1 is 0.812 bits per heavy atom. The summed E-state index contributed by atoms with van der Waals surface area (Å²) in [6.07, 6.45) is 21.3. The summed E-state index contributed by atoms with van der Waals surface area (Å²) in [5.41, 5.74) is 1.09. The van der Waals surface area contributed by atoms with E-state index in [-0.39, 0.29) is 0 Å². The molecule has 2 fully saturated rings. The molecule has 1 atom stereocenters. The molecule has 2 aliphatic rings. The van der Waals surface area contributed by atoms with Crippen molar-refractivity contribution in [3.05, 3.63) is 12.2 Å². The van der Waals surface area contributed by atoms with Crippen molar-refractivity contribution in [2.75, 3.05) is 6.16 Å². The highest BCUT2D eigenvalue weighted by Gasteiger charge is 2.12. The fourth-order valence-electron chi connectivity index (χ4n) is 3.13. The third-order valence-electron chi connectivity index (χ3n) is 4.19. The van der Waals surface area contributed by atoms with Gasteiger partial charge in [0.1, 0.15) is 0 Å². The first-order valence-corrected chi connectivity index (χ1v) is 8.63. The molecule has 0 amide bonds. The van der Waals surface area contributed by atoms with Gasteiger partial charge >= 0.3 is 0 Å². The van der Waals surface area contributed by atoms with Crippen molar-refractivity contribution >= 4 is 8.58 Å². The van der Waals surface area contributed by atoms with Gasteiger partial charge in [0.05, 0.1) is 0 Å². The zero-order chi connectivity index (χ0) is 11.1. The number of allylic oxidation sites excluding steroid dienone is 2. The van der Waals surface area contributed by atoms with Crippen molar-refractivity contribution in [3.8, 4) is 0 Å². The number of hydrogen-bond donors (Lipinski definition) is 0. The normalized spacial score (nSPS) is 26.0. The lowest BCUT2D eigenvalue weighted by Crippen LogP contribution is -2.06. The summed E-state index contributed by atoms with van der Waals surface area (Å²) in [5.74, 6) is 0.935. The predicted molar refractivity (Wildman–Crippen MR) is 75.8 cm³/mol. The maximum Gasteiger partial charge on any atom is -0.0170 e. The minimum absolute atomic E-state index is 0.935. The monoisotopic (exact) mass is 238 g/mol. The second kappa shape index (κ2) is 7.49. The van der Waals surface area contributed by atoms with Crippen molar-refractivity contribution in [1.82, 2.24) is 0 Å². The van der Waals surface area contributed by atoms with Crippen LogP contribution in [0.1, 0.15) is 64.2 Å². The van der Waals surface area contributed by atoms with E-state index in [0.29, 0.717) is 0 Å². The minimum atomic E-state index is 0.935. The molecular formula is C15H27P. The molecule has 0 spiro atoms. The average molecular weight is 238 g/mol. The highest BCUT2D eigenvalue weighted by Crippen LogP contribution is 2.33. The number of rotatable bonds is 4. The van der Waals surface area contributed by atoms with E-state index >= 15 is 0 Å². The highest BCUT2D eigenvalue weighted by atomic mass is 31.1. The van der Waals surface area contributed by atoms with Crippen molar-refractivity contribution in [2.45, 2.75) is 69.9 Å². The van der Waals surface area contributed by atoms with Crippen molar-refractivity contribution in [1.29, 1.82) is 0 Å². The quantitative estimate of drug-likeness (QED) is 0.470. The van der Waals surface area contributed by atoms with Gasteiger partial charge in [-0.3, -0.25) is 0 Å². The smallest absolute Gasteiger partial charge is 0.0170 e. The molecule has 1 heteroatoms. The first-order valence-electron chi connectivity index (χ1n) is 7.35. The summed E-state index contributed by atoms with van der Waals surface area (Å²) in [6.45, 7) is 0. The van der Waals surface area contributed by atoms with Gasteiger partial charge in [0.15, 0.2) is 0 Å². The maximum absolute atomic E-state index is 2.54. The van der Waals surface area contributed by atoms with Gasteiger partial charge in [-0.1, -0.05) is 50.7 Å². The zero-order valence-electron chi connectivity index (χ0n) is 10.6. The van der Waals surface area contributed by atoms with Crippen LogP contribution in [-0.4, -0.2) is 11.8 Å². The predicted octanol–water partition coefficient (Wildman–Crippen LogP) is 5.13. The third-order valence-corrected chi connectivity index (χ3v) is 5.81. The molecule has 0 radical (unpaired) electrons. The topological polar surface area (TPSA) is 0 Å². The van der Waals surface area contributed by atoms with E-state index in [0.717, 1.165) is 11.6 Å². The summed E-state index contributed by atoms with van der Waals surface area (Å²) in [7, 11) is 1.22. The van der Waals surface area contributed by atoms with Gasteiger partial charge in [0.2, 0.25) is 0 Å². The van der Waals surface area contributed by atoms with Gasteiger partial charge in [-0.2, -0.15) is 0 Å². The Morgan fingerprint density at radius 3 is 2.12 bits per heavy atom. The van der Waals surface area contributed by atoms with E-state index in [9.17, 15) is 0 Å². The molecule has 0 aromatic carbocycles. The summed E-state index contributed by atoms with van der Waals surface area (Å²) >= 11 is 0. The molecule has 0 aromatic heterocycles. The number of hydrogen-bond acceptors (Lipinski definition) is 0. The van der Waals surface area contributed by atoms with Crippen LogP contribution in [0, 0.1) is 5.92 Å². The van der Waals surface area contributed by atoms with E-state index in [1.54, 1.807) is 0 Å². The van der Waals surface area contributed by atoms with Crippen LogP contribution in [0.4, 0.5) is 0 Å². The average Bonchev–Trinajstić information content (AvgIpc) is 2.37. The van der Waals surface area contributed by atoms with Gasteiger partial charge in [0.25, 0.3) is 0 Å². The molecule has 0 saturated heterocycles. The van der Waals surface area contributed by atoms with Crippen LogP contribution in [0.25, 0.3) is 0 Å². The summed E-state index contributed by atoms with van der Waals surface area (Å²) < 4.78 is 0. The lowest BCUT2D eigenvalue weighted by molar-refractivity contribution is 0.419. The lowest BCUT2D eigenvalue weighted by Gasteiger charge is -2.21. The van der Waals surface area contributed by atoms with Crippen LogP contribution in [0.2, 0.25) is 0 Å². The maximum atomic E-state index is 2.54. The van der Waals surface area contributed by atoms with Crippen LogP contribution >= 0.6 is 8.58 Å². The Kier molecular flexibility index (Phi) is 5.91. The van der Waals surface area contributed by atoms with E-state index < -0.39 is 0 Å². The van der Waals surface area contributed by atoms with Gasteiger partial charge < -0.3 is 0 Å². The first kappa shape index (κ1) is 12.6. The van der Waals surface area contributed by atoms with Gasteiger partial charge in [-0.15, -0.1) is 8.58 Å². The molecule has 0 aromatic rings. The Morgan fingerprint density at radius 2 is 1.44 bits per heavy atom. The van der Waals surface area contributed by atoms with Crippen molar-refractivity contribution < 1.29 is 0 Å². The lowest BCUT2D eigenvalue weighted by atomic mass is 9.89. The first-order chi connectivity index (χ1) is 7.95. The van der Waals surface area contributed by atoms with E-state index in [2.05, 4.69) is 12.2 Å². The van der Waals surface area contributed by atoms with Gasteiger partial charge in [-0.25, -0.2) is 0 Å². The molecular weight excluding hydrogens is 211 g/mol. The molecule has 92 valence electrons. The Balaban J connectivity index is 1.57. The van der Waals surface area contributed by atoms with Gasteiger partial charge in [0, 0.05) is 0 Å². The summed E-state index contributed by atoms with van der Waals surface area (Å²) in [4.78, 5) is 0. The second-order valence-electron chi connectivity index (χ2n) is 5.57. The molecule has 0 N–H and O–H groups in total. The molecule has 0 heterocycles. The molecule has 2 aliphatic carbocycles. The Labute approximate surface area is 103 Å². The summed E-state index contributed by atoms with van der Waals surface area (Å²) in [5, 5.41) is 0. The van der Waals surface area contributed by atoms with Crippen LogP contribution in [0.5, 0.6) is 0 Å².